The number of anilines is 1. The van der Waals surface area contributed by atoms with E-state index in [1.807, 2.05) is 96.0 Å². The Labute approximate surface area is 162 Å². The Morgan fingerprint density at radius 2 is 1.82 bits per heavy atom. The molecule has 0 bridgehead atoms. The zero-order valence-corrected chi connectivity index (χ0v) is 15.3. The molecule has 4 aromatic rings. The molecule has 0 saturated carbocycles. The molecule has 3 aromatic heterocycles. The number of benzene rings is 1. The molecule has 0 amide bonds. The number of allylic oxidation sites excluding steroid dienone is 2. The molecule has 0 unspecified atom stereocenters. The van der Waals surface area contributed by atoms with Crippen LogP contribution in [0.2, 0.25) is 0 Å². The molecule has 0 spiro atoms. The lowest BCUT2D eigenvalue weighted by Crippen LogP contribution is -2.34. The zero-order chi connectivity index (χ0) is 18.9. The van der Waals surface area contributed by atoms with Crippen molar-refractivity contribution in [3.63, 3.8) is 0 Å². The van der Waals surface area contributed by atoms with Crippen LogP contribution in [0.25, 0.3) is 22.3 Å². The summed E-state index contributed by atoms with van der Waals surface area (Å²) in [6, 6.07) is 16.1. The Balaban J connectivity index is 1.54. The van der Waals surface area contributed by atoms with E-state index in [9.17, 15) is 0 Å². The van der Waals surface area contributed by atoms with Gasteiger partial charge in [0.15, 0.2) is 0 Å². The van der Waals surface area contributed by atoms with E-state index in [4.69, 9.17) is 0 Å². The predicted molar refractivity (Wildman–Crippen MR) is 111 cm³/mol. The first-order valence-electron chi connectivity index (χ1n) is 9.05. The standard InChI is InChI=1S/C22H18N6/c1-16-15-17(8-11-23-16)27-14-4-7-20(26-27)22-10-13-25-28(22)21-9-12-24-19-6-3-2-5-18(19)21/h2-15,26H,1H3. The monoisotopic (exact) mass is 366 g/mol. The highest BCUT2D eigenvalue weighted by atomic mass is 15.5. The van der Waals surface area contributed by atoms with Crippen molar-refractivity contribution in [3.05, 3.63) is 96.9 Å². The summed E-state index contributed by atoms with van der Waals surface area (Å²) >= 11 is 0. The van der Waals surface area contributed by atoms with Crippen molar-refractivity contribution in [2.45, 2.75) is 6.92 Å². The quantitative estimate of drug-likeness (QED) is 0.594. The molecule has 0 fully saturated rings. The fourth-order valence-electron chi connectivity index (χ4n) is 3.37. The number of nitrogens with one attached hydrogen (secondary N) is 1. The van der Waals surface area contributed by atoms with Crippen molar-refractivity contribution < 1.29 is 0 Å². The number of aryl methyl sites for hydroxylation is 1. The molecule has 4 heterocycles. The molecule has 136 valence electrons. The highest BCUT2D eigenvalue weighted by Gasteiger charge is 2.16. The number of nitrogens with zero attached hydrogens (tertiary/aromatic N) is 5. The molecular formula is C22H18N6. The largest absolute Gasteiger partial charge is 0.292 e. The lowest BCUT2D eigenvalue weighted by molar-refractivity contribution is 0.829. The zero-order valence-electron chi connectivity index (χ0n) is 15.3. The van der Waals surface area contributed by atoms with Crippen molar-refractivity contribution in [2.75, 3.05) is 5.01 Å². The first kappa shape index (κ1) is 16.3. The van der Waals surface area contributed by atoms with Crippen LogP contribution in [0, 0.1) is 6.92 Å². The van der Waals surface area contributed by atoms with Gasteiger partial charge in [-0.25, -0.2) is 4.68 Å². The summed E-state index contributed by atoms with van der Waals surface area (Å²) in [5, 5.41) is 7.62. The lowest BCUT2D eigenvalue weighted by atomic mass is 10.2. The van der Waals surface area contributed by atoms with Gasteiger partial charge in [-0.1, -0.05) is 18.2 Å². The van der Waals surface area contributed by atoms with Gasteiger partial charge in [-0.3, -0.25) is 20.4 Å². The molecule has 0 aliphatic carbocycles. The van der Waals surface area contributed by atoms with Gasteiger partial charge in [0, 0.05) is 29.7 Å². The fourth-order valence-corrected chi connectivity index (χ4v) is 3.37. The van der Waals surface area contributed by atoms with Gasteiger partial charge < -0.3 is 0 Å². The SMILES string of the molecule is Cc1cc(N2C=CC=C(c3ccnn3-c3ccnc4ccccc34)N2)ccn1. The number of fused-ring (bicyclic) bond motifs is 1. The molecule has 28 heavy (non-hydrogen) atoms. The third-order valence-corrected chi connectivity index (χ3v) is 4.67. The number of hydrazine groups is 1. The van der Waals surface area contributed by atoms with Gasteiger partial charge >= 0.3 is 0 Å². The Kier molecular flexibility index (Phi) is 3.87. The molecule has 0 saturated heterocycles. The third kappa shape index (κ3) is 2.81. The van der Waals surface area contributed by atoms with Gasteiger partial charge in [-0.05, 0) is 49.4 Å². The number of rotatable bonds is 3. The molecule has 1 aromatic carbocycles. The van der Waals surface area contributed by atoms with Crippen molar-refractivity contribution in [1.29, 1.82) is 0 Å². The number of aromatic nitrogens is 4. The van der Waals surface area contributed by atoms with E-state index in [0.29, 0.717) is 0 Å². The van der Waals surface area contributed by atoms with Gasteiger partial charge in [0.2, 0.25) is 0 Å². The first-order chi connectivity index (χ1) is 13.8. The number of hydrogen-bond acceptors (Lipinski definition) is 5. The topological polar surface area (TPSA) is 58.9 Å². The third-order valence-electron chi connectivity index (χ3n) is 4.67. The highest BCUT2D eigenvalue weighted by Crippen LogP contribution is 2.25. The van der Waals surface area contributed by atoms with Gasteiger partial charge in [-0.2, -0.15) is 5.10 Å². The van der Waals surface area contributed by atoms with E-state index >= 15 is 0 Å². The van der Waals surface area contributed by atoms with E-state index in [0.717, 1.165) is 39.4 Å². The summed E-state index contributed by atoms with van der Waals surface area (Å²) in [6.07, 6.45) is 11.5. The highest BCUT2D eigenvalue weighted by molar-refractivity contribution is 5.87. The summed E-state index contributed by atoms with van der Waals surface area (Å²) in [7, 11) is 0. The summed E-state index contributed by atoms with van der Waals surface area (Å²) in [4.78, 5) is 8.73. The fraction of sp³-hybridized carbons (Fsp3) is 0.0455. The second-order valence-electron chi connectivity index (χ2n) is 6.53. The van der Waals surface area contributed by atoms with Gasteiger partial charge in [-0.15, -0.1) is 0 Å². The molecule has 1 aliphatic heterocycles. The second kappa shape index (κ2) is 6.66. The van der Waals surface area contributed by atoms with Crippen LogP contribution in [0.1, 0.15) is 11.4 Å². The van der Waals surface area contributed by atoms with E-state index in [1.165, 1.54) is 0 Å². The van der Waals surface area contributed by atoms with E-state index in [2.05, 4.69) is 26.6 Å². The molecule has 0 radical (unpaired) electrons. The van der Waals surface area contributed by atoms with Crippen LogP contribution < -0.4 is 10.4 Å². The van der Waals surface area contributed by atoms with Crippen molar-refractivity contribution in [2.24, 2.45) is 0 Å². The first-order valence-corrected chi connectivity index (χ1v) is 9.05. The lowest BCUT2D eigenvalue weighted by Gasteiger charge is -2.27. The number of pyridine rings is 2. The minimum atomic E-state index is 0.945. The molecule has 1 aliphatic rings. The number of hydrogen-bond donors (Lipinski definition) is 1. The summed E-state index contributed by atoms with van der Waals surface area (Å²) in [5.74, 6) is 0. The van der Waals surface area contributed by atoms with Crippen LogP contribution in [0.4, 0.5) is 5.69 Å². The predicted octanol–water partition coefficient (Wildman–Crippen LogP) is 4.00. The summed E-state index contributed by atoms with van der Waals surface area (Å²) in [5.41, 5.74) is 9.32. The molecule has 5 rings (SSSR count). The Hall–Kier alpha value is -3.93. The van der Waals surface area contributed by atoms with Crippen molar-refractivity contribution >= 4 is 22.3 Å². The van der Waals surface area contributed by atoms with Gasteiger partial charge in [0.25, 0.3) is 0 Å². The molecule has 1 N–H and O–H groups in total. The molecular weight excluding hydrogens is 348 g/mol. The second-order valence-corrected chi connectivity index (χ2v) is 6.53. The molecule has 0 atom stereocenters. The van der Waals surface area contributed by atoms with E-state index in [-0.39, 0.29) is 0 Å². The summed E-state index contributed by atoms with van der Waals surface area (Å²) < 4.78 is 1.94. The Morgan fingerprint density at radius 3 is 2.75 bits per heavy atom. The van der Waals surface area contributed by atoms with Crippen LogP contribution in [-0.2, 0) is 0 Å². The maximum atomic E-state index is 4.58. The minimum Gasteiger partial charge on any atom is -0.292 e. The maximum absolute atomic E-state index is 4.58. The average molecular weight is 366 g/mol. The summed E-state index contributed by atoms with van der Waals surface area (Å²) in [6.45, 7) is 1.98. The van der Waals surface area contributed by atoms with Crippen LogP contribution in [0.15, 0.2) is 85.5 Å². The van der Waals surface area contributed by atoms with Crippen LogP contribution in [0.5, 0.6) is 0 Å². The number of para-hydroxylation sites is 1. The Bertz CT molecular complexity index is 1220. The Morgan fingerprint density at radius 1 is 0.929 bits per heavy atom. The van der Waals surface area contributed by atoms with Crippen LogP contribution in [-0.4, -0.2) is 19.7 Å². The van der Waals surface area contributed by atoms with Gasteiger partial charge in [0.1, 0.15) is 0 Å². The van der Waals surface area contributed by atoms with Crippen LogP contribution in [0.3, 0.4) is 0 Å². The molecule has 6 nitrogen and oxygen atoms in total. The van der Waals surface area contributed by atoms with Gasteiger partial charge in [0.05, 0.1) is 34.5 Å². The van der Waals surface area contributed by atoms with Crippen molar-refractivity contribution in [3.8, 4) is 5.69 Å². The van der Waals surface area contributed by atoms with Crippen molar-refractivity contribution in [1.82, 2.24) is 25.2 Å². The van der Waals surface area contributed by atoms with E-state index in [1.54, 1.807) is 0 Å². The average Bonchev–Trinajstić information content (AvgIpc) is 3.23. The van der Waals surface area contributed by atoms with E-state index < -0.39 is 0 Å². The minimum absolute atomic E-state index is 0.945. The smallest absolute Gasteiger partial charge is 0.0918 e. The maximum Gasteiger partial charge on any atom is 0.0918 e. The van der Waals surface area contributed by atoms with Crippen LogP contribution >= 0.6 is 0 Å². The molecule has 6 heteroatoms. The normalized spacial score (nSPS) is 13.5.